The van der Waals surface area contributed by atoms with E-state index in [2.05, 4.69) is 18.3 Å². The van der Waals surface area contributed by atoms with Gasteiger partial charge in [0, 0.05) is 13.0 Å². The van der Waals surface area contributed by atoms with Crippen molar-refractivity contribution in [3.05, 3.63) is 11.8 Å². The molecule has 0 radical (unpaired) electrons. The molecule has 1 unspecified atom stereocenters. The summed E-state index contributed by atoms with van der Waals surface area (Å²) in [5.41, 5.74) is 0. The first kappa shape index (κ1) is 11.5. The van der Waals surface area contributed by atoms with Crippen LogP contribution in [0.5, 0.6) is 0 Å². The smallest absolute Gasteiger partial charge is 0.111 e. The number of ether oxygens (including phenoxy) is 2. The molecule has 0 saturated carbocycles. The van der Waals surface area contributed by atoms with Crippen LogP contribution in [0.1, 0.15) is 26.7 Å². The summed E-state index contributed by atoms with van der Waals surface area (Å²) >= 11 is 0. The van der Waals surface area contributed by atoms with Crippen molar-refractivity contribution in [2.75, 3.05) is 26.4 Å². The lowest BCUT2D eigenvalue weighted by molar-refractivity contribution is 0.108. The molecular formula is C11H21NO2. The fraction of sp³-hybridized carbons (Fsp3) is 0.818. The van der Waals surface area contributed by atoms with Gasteiger partial charge in [0.15, 0.2) is 0 Å². The van der Waals surface area contributed by atoms with Gasteiger partial charge in [0.05, 0.1) is 19.3 Å². The average Bonchev–Trinajstić information content (AvgIpc) is 2.71. The molecule has 0 fully saturated rings. The van der Waals surface area contributed by atoms with E-state index in [-0.39, 0.29) is 6.04 Å². The Morgan fingerprint density at radius 1 is 1.57 bits per heavy atom. The van der Waals surface area contributed by atoms with Gasteiger partial charge in [-0.2, -0.15) is 0 Å². The molecule has 0 saturated heterocycles. The van der Waals surface area contributed by atoms with Gasteiger partial charge < -0.3 is 14.8 Å². The molecule has 0 amide bonds. The van der Waals surface area contributed by atoms with Crippen molar-refractivity contribution in [1.82, 2.24) is 5.32 Å². The molecular weight excluding hydrogens is 178 g/mol. The largest absolute Gasteiger partial charge is 0.496 e. The summed E-state index contributed by atoms with van der Waals surface area (Å²) in [6.07, 6.45) is 4.33. The Balaban J connectivity index is 2.34. The van der Waals surface area contributed by atoms with Crippen molar-refractivity contribution in [3.63, 3.8) is 0 Å². The maximum atomic E-state index is 5.53. The maximum Gasteiger partial charge on any atom is 0.111 e. The van der Waals surface area contributed by atoms with Crippen molar-refractivity contribution in [2.24, 2.45) is 0 Å². The second kappa shape index (κ2) is 6.85. The Hall–Kier alpha value is -0.540. The zero-order valence-corrected chi connectivity index (χ0v) is 9.21. The van der Waals surface area contributed by atoms with E-state index in [0.717, 1.165) is 38.4 Å². The molecule has 82 valence electrons. The summed E-state index contributed by atoms with van der Waals surface area (Å²) in [6, 6.07) is 0.248. The van der Waals surface area contributed by atoms with Crippen LogP contribution in [0.25, 0.3) is 0 Å². The fourth-order valence-corrected chi connectivity index (χ4v) is 1.48. The summed E-state index contributed by atoms with van der Waals surface area (Å²) in [5.74, 6) is 1.06. The van der Waals surface area contributed by atoms with Gasteiger partial charge in [-0.15, -0.1) is 0 Å². The first-order valence-electron chi connectivity index (χ1n) is 5.52. The molecule has 3 heteroatoms. The molecule has 1 atom stereocenters. The highest BCUT2D eigenvalue weighted by molar-refractivity contribution is 5.07. The molecule has 1 N–H and O–H groups in total. The number of hydrogen-bond acceptors (Lipinski definition) is 3. The third-order valence-corrected chi connectivity index (χ3v) is 2.20. The molecule has 14 heavy (non-hydrogen) atoms. The Bertz CT molecular complexity index is 172. The molecule has 1 heterocycles. The Kier molecular flexibility index (Phi) is 5.64. The minimum atomic E-state index is 0.248. The maximum absolute atomic E-state index is 5.53. The van der Waals surface area contributed by atoms with Gasteiger partial charge in [-0.1, -0.05) is 6.92 Å². The van der Waals surface area contributed by atoms with Crippen LogP contribution in [0.15, 0.2) is 11.8 Å². The van der Waals surface area contributed by atoms with Crippen molar-refractivity contribution in [1.29, 1.82) is 0 Å². The molecule has 0 aromatic heterocycles. The normalized spacial score (nSPS) is 17.7. The summed E-state index contributed by atoms with van der Waals surface area (Å²) < 4.78 is 10.9. The molecule has 0 spiro atoms. The summed E-state index contributed by atoms with van der Waals surface area (Å²) in [6.45, 7) is 7.49. The van der Waals surface area contributed by atoms with Crippen LogP contribution in [0.3, 0.4) is 0 Å². The highest BCUT2D eigenvalue weighted by Gasteiger charge is 2.17. The second-order valence-corrected chi connectivity index (χ2v) is 3.41. The summed E-state index contributed by atoms with van der Waals surface area (Å²) in [4.78, 5) is 0. The van der Waals surface area contributed by atoms with E-state index < -0.39 is 0 Å². The molecule has 1 rings (SSSR count). The van der Waals surface area contributed by atoms with E-state index in [4.69, 9.17) is 9.47 Å². The quantitative estimate of drug-likeness (QED) is 0.677. The summed E-state index contributed by atoms with van der Waals surface area (Å²) in [7, 11) is 0. The zero-order valence-electron chi connectivity index (χ0n) is 9.21. The molecule has 0 aromatic carbocycles. The van der Waals surface area contributed by atoms with E-state index in [1.165, 1.54) is 0 Å². The standard InChI is InChI=1S/C11H21NO2/c1-3-7-12-10(9-13-4-2)11-6-5-8-14-11/h6,10,12H,3-5,7-9H2,1-2H3. The lowest BCUT2D eigenvalue weighted by Crippen LogP contribution is -2.36. The van der Waals surface area contributed by atoms with E-state index in [1.807, 2.05) is 6.92 Å². The zero-order chi connectivity index (χ0) is 10.2. The predicted octanol–water partition coefficient (Wildman–Crippen LogP) is 1.70. The topological polar surface area (TPSA) is 30.5 Å². The van der Waals surface area contributed by atoms with Gasteiger partial charge in [-0.25, -0.2) is 0 Å². The first-order valence-corrected chi connectivity index (χ1v) is 5.52. The van der Waals surface area contributed by atoms with Crippen LogP contribution in [-0.2, 0) is 9.47 Å². The predicted molar refractivity (Wildman–Crippen MR) is 57.2 cm³/mol. The van der Waals surface area contributed by atoms with E-state index in [9.17, 15) is 0 Å². The van der Waals surface area contributed by atoms with E-state index in [0.29, 0.717) is 6.61 Å². The van der Waals surface area contributed by atoms with Crippen LogP contribution in [0, 0.1) is 0 Å². The van der Waals surface area contributed by atoms with Gasteiger partial charge >= 0.3 is 0 Å². The number of hydrogen-bond donors (Lipinski definition) is 1. The third-order valence-electron chi connectivity index (χ3n) is 2.20. The highest BCUT2D eigenvalue weighted by Crippen LogP contribution is 2.13. The average molecular weight is 199 g/mol. The van der Waals surface area contributed by atoms with E-state index >= 15 is 0 Å². The van der Waals surface area contributed by atoms with Gasteiger partial charge in [0.25, 0.3) is 0 Å². The lowest BCUT2D eigenvalue weighted by Gasteiger charge is -2.19. The molecule has 3 nitrogen and oxygen atoms in total. The minimum absolute atomic E-state index is 0.248. The molecule has 1 aliphatic rings. The number of rotatable bonds is 7. The molecule has 0 aliphatic carbocycles. The van der Waals surface area contributed by atoms with Gasteiger partial charge in [0.1, 0.15) is 5.76 Å². The van der Waals surface area contributed by atoms with E-state index in [1.54, 1.807) is 0 Å². The second-order valence-electron chi connectivity index (χ2n) is 3.41. The van der Waals surface area contributed by atoms with Gasteiger partial charge in [-0.05, 0) is 26.0 Å². The number of nitrogens with one attached hydrogen (secondary N) is 1. The van der Waals surface area contributed by atoms with Crippen molar-refractivity contribution in [2.45, 2.75) is 32.7 Å². The minimum Gasteiger partial charge on any atom is -0.496 e. The van der Waals surface area contributed by atoms with Crippen molar-refractivity contribution < 1.29 is 9.47 Å². The molecule has 1 aliphatic heterocycles. The highest BCUT2D eigenvalue weighted by atomic mass is 16.5. The Morgan fingerprint density at radius 2 is 2.43 bits per heavy atom. The molecule has 0 aromatic rings. The van der Waals surface area contributed by atoms with Gasteiger partial charge in [0.2, 0.25) is 0 Å². The van der Waals surface area contributed by atoms with Crippen LogP contribution < -0.4 is 5.32 Å². The van der Waals surface area contributed by atoms with Crippen molar-refractivity contribution >= 4 is 0 Å². The van der Waals surface area contributed by atoms with Crippen molar-refractivity contribution in [3.8, 4) is 0 Å². The third kappa shape index (κ3) is 3.68. The summed E-state index contributed by atoms with van der Waals surface area (Å²) in [5, 5.41) is 3.43. The Labute approximate surface area is 86.5 Å². The van der Waals surface area contributed by atoms with Gasteiger partial charge in [-0.3, -0.25) is 0 Å². The van der Waals surface area contributed by atoms with Crippen LogP contribution in [0.2, 0.25) is 0 Å². The van der Waals surface area contributed by atoms with Crippen LogP contribution in [0.4, 0.5) is 0 Å². The van der Waals surface area contributed by atoms with Crippen LogP contribution in [-0.4, -0.2) is 32.4 Å². The SMILES string of the molecule is CCCNC(COCC)C1=CCCO1. The molecule has 0 bridgehead atoms. The lowest BCUT2D eigenvalue weighted by atomic mass is 10.2. The monoisotopic (exact) mass is 199 g/mol. The fourth-order valence-electron chi connectivity index (χ4n) is 1.48. The Morgan fingerprint density at radius 3 is 3.00 bits per heavy atom. The first-order chi connectivity index (χ1) is 6.88. The van der Waals surface area contributed by atoms with Crippen LogP contribution >= 0.6 is 0 Å².